The lowest BCUT2D eigenvalue weighted by atomic mass is 10.2. The summed E-state index contributed by atoms with van der Waals surface area (Å²) in [5.41, 5.74) is 1.95. The van der Waals surface area contributed by atoms with Crippen molar-refractivity contribution in [1.82, 2.24) is 10.3 Å². The quantitative estimate of drug-likeness (QED) is 0.848. The van der Waals surface area contributed by atoms with E-state index in [1.807, 2.05) is 37.3 Å². The molecule has 1 heterocycles. The van der Waals surface area contributed by atoms with E-state index in [2.05, 4.69) is 15.6 Å². The maximum absolute atomic E-state index is 5.92. The number of halogens is 1. The van der Waals surface area contributed by atoms with Gasteiger partial charge in [-0.2, -0.15) is 0 Å². The van der Waals surface area contributed by atoms with E-state index in [4.69, 9.17) is 23.8 Å². The van der Waals surface area contributed by atoms with Crippen molar-refractivity contribution in [2.45, 2.75) is 13.5 Å². The first-order valence-corrected chi connectivity index (χ1v) is 6.66. The molecule has 5 heteroatoms. The summed E-state index contributed by atoms with van der Waals surface area (Å²) >= 11 is 11.1. The molecule has 2 N–H and O–H groups in total. The molecule has 2 aromatic rings. The molecule has 0 saturated carbocycles. The van der Waals surface area contributed by atoms with E-state index in [1.54, 1.807) is 12.1 Å². The summed E-state index contributed by atoms with van der Waals surface area (Å²) in [5.74, 6) is 0.687. The summed E-state index contributed by atoms with van der Waals surface area (Å²) in [6.07, 6.45) is 0. The van der Waals surface area contributed by atoms with Gasteiger partial charge in [0.05, 0.1) is 10.7 Å². The maximum atomic E-state index is 5.92. The molecule has 0 aliphatic carbocycles. The van der Waals surface area contributed by atoms with Crippen LogP contribution in [0.3, 0.4) is 0 Å². The number of rotatable bonds is 3. The van der Waals surface area contributed by atoms with E-state index in [0.29, 0.717) is 22.5 Å². The molecule has 0 radical (unpaired) electrons. The first-order valence-electron chi connectivity index (χ1n) is 5.87. The molecule has 0 aliphatic rings. The van der Waals surface area contributed by atoms with Crippen LogP contribution in [0.4, 0.5) is 5.82 Å². The average molecular weight is 292 g/mol. The zero-order valence-corrected chi connectivity index (χ0v) is 12.1. The van der Waals surface area contributed by atoms with Crippen molar-refractivity contribution in [2.75, 3.05) is 5.32 Å². The van der Waals surface area contributed by atoms with Crippen LogP contribution in [0.2, 0.25) is 5.02 Å². The molecule has 0 amide bonds. The van der Waals surface area contributed by atoms with E-state index in [-0.39, 0.29) is 0 Å². The molecule has 0 unspecified atom stereocenters. The number of anilines is 1. The second-order valence-corrected chi connectivity index (χ2v) is 4.87. The van der Waals surface area contributed by atoms with Gasteiger partial charge in [0.15, 0.2) is 5.11 Å². The number of thiocarbonyl (C=S) groups is 1. The van der Waals surface area contributed by atoms with Crippen LogP contribution in [-0.4, -0.2) is 10.1 Å². The van der Waals surface area contributed by atoms with Crippen LogP contribution in [0, 0.1) is 6.92 Å². The van der Waals surface area contributed by atoms with Crippen molar-refractivity contribution < 1.29 is 0 Å². The minimum absolute atomic E-state index is 0.540. The first kappa shape index (κ1) is 13.8. The topological polar surface area (TPSA) is 37.0 Å². The number of pyridine rings is 1. The van der Waals surface area contributed by atoms with Gasteiger partial charge in [-0.25, -0.2) is 4.98 Å². The normalized spacial score (nSPS) is 10.0. The van der Waals surface area contributed by atoms with Crippen molar-refractivity contribution in [1.29, 1.82) is 0 Å². The molecule has 2 rings (SSSR count). The molecule has 0 aliphatic heterocycles. The van der Waals surface area contributed by atoms with Crippen LogP contribution < -0.4 is 10.6 Å². The molecule has 0 atom stereocenters. The lowest BCUT2D eigenvalue weighted by molar-refractivity contribution is 0.924. The Balaban J connectivity index is 1.89. The molecule has 0 bridgehead atoms. The predicted molar refractivity (Wildman–Crippen MR) is 83.5 cm³/mol. The third kappa shape index (κ3) is 4.19. The largest absolute Gasteiger partial charge is 0.358 e. The SMILES string of the molecule is Cc1nc(NC(=S)NCc2ccccc2)ccc1Cl. The zero-order valence-electron chi connectivity index (χ0n) is 10.5. The number of nitrogens with one attached hydrogen (secondary N) is 2. The third-order valence-electron chi connectivity index (χ3n) is 2.56. The van der Waals surface area contributed by atoms with Crippen molar-refractivity contribution in [2.24, 2.45) is 0 Å². The Morgan fingerprint density at radius 2 is 1.95 bits per heavy atom. The Kier molecular flexibility index (Phi) is 4.71. The second kappa shape index (κ2) is 6.50. The van der Waals surface area contributed by atoms with Gasteiger partial charge in [0, 0.05) is 6.54 Å². The van der Waals surface area contributed by atoms with Crippen LogP contribution in [0.15, 0.2) is 42.5 Å². The fraction of sp³-hybridized carbons (Fsp3) is 0.143. The van der Waals surface area contributed by atoms with Gasteiger partial charge in [0.1, 0.15) is 5.82 Å². The van der Waals surface area contributed by atoms with E-state index >= 15 is 0 Å². The monoisotopic (exact) mass is 291 g/mol. The van der Waals surface area contributed by atoms with Gasteiger partial charge < -0.3 is 10.6 Å². The summed E-state index contributed by atoms with van der Waals surface area (Å²) in [6, 6.07) is 13.7. The maximum Gasteiger partial charge on any atom is 0.172 e. The molecule has 0 spiro atoms. The van der Waals surface area contributed by atoms with Gasteiger partial charge in [-0.05, 0) is 36.8 Å². The summed E-state index contributed by atoms with van der Waals surface area (Å²) in [6.45, 7) is 2.53. The first-order chi connectivity index (χ1) is 9.15. The number of aryl methyl sites for hydroxylation is 1. The van der Waals surface area contributed by atoms with E-state index in [1.165, 1.54) is 5.56 Å². The molecule has 0 fully saturated rings. The van der Waals surface area contributed by atoms with Crippen molar-refractivity contribution in [3.63, 3.8) is 0 Å². The van der Waals surface area contributed by atoms with Crippen LogP contribution >= 0.6 is 23.8 Å². The molecule has 98 valence electrons. The zero-order chi connectivity index (χ0) is 13.7. The molecule has 3 nitrogen and oxygen atoms in total. The average Bonchev–Trinajstić information content (AvgIpc) is 2.42. The van der Waals surface area contributed by atoms with Gasteiger partial charge in [-0.3, -0.25) is 0 Å². The predicted octanol–water partition coefficient (Wildman–Crippen LogP) is 3.53. The highest BCUT2D eigenvalue weighted by molar-refractivity contribution is 7.80. The molecular weight excluding hydrogens is 278 g/mol. The number of hydrogen-bond donors (Lipinski definition) is 2. The summed E-state index contributed by atoms with van der Waals surface area (Å²) < 4.78 is 0. The summed E-state index contributed by atoms with van der Waals surface area (Å²) in [5, 5.41) is 7.35. The fourth-order valence-corrected chi connectivity index (χ4v) is 1.83. The highest BCUT2D eigenvalue weighted by Gasteiger charge is 2.01. The van der Waals surface area contributed by atoms with Gasteiger partial charge in [-0.1, -0.05) is 41.9 Å². The van der Waals surface area contributed by atoms with Crippen LogP contribution in [0.1, 0.15) is 11.3 Å². The molecule has 1 aromatic heterocycles. The number of benzene rings is 1. The van der Waals surface area contributed by atoms with Gasteiger partial charge in [-0.15, -0.1) is 0 Å². The highest BCUT2D eigenvalue weighted by Crippen LogP contribution is 2.15. The lowest BCUT2D eigenvalue weighted by Gasteiger charge is -2.10. The highest BCUT2D eigenvalue weighted by atomic mass is 35.5. The molecule has 19 heavy (non-hydrogen) atoms. The Morgan fingerprint density at radius 1 is 1.21 bits per heavy atom. The summed E-state index contributed by atoms with van der Waals surface area (Å²) in [4.78, 5) is 4.30. The lowest BCUT2D eigenvalue weighted by Crippen LogP contribution is -2.28. The smallest absolute Gasteiger partial charge is 0.172 e. The molecular formula is C14H14ClN3S. The minimum Gasteiger partial charge on any atom is -0.358 e. The van der Waals surface area contributed by atoms with Crippen molar-refractivity contribution in [3.8, 4) is 0 Å². The number of hydrogen-bond acceptors (Lipinski definition) is 2. The van der Waals surface area contributed by atoms with Crippen molar-refractivity contribution >= 4 is 34.7 Å². The van der Waals surface area contributed by atoms with Gasteiger partial charge >= 0.3 is 0 Å². The molecule has 0 saturated heterocycles. The standard InChI is InChI=1S/C14H14ClN3S/c1-10-12(15)7-8-13(17-10)18-14(19)16-9-11-5-3-2-4-6-11/h2-8H,9H2,1H3,(H2,16,17,18,19). The fourth-order valence-electron chi connectivity index (χ4n) is 1.55. The Bertz CT molecular complexity index is 572. The Hall–Kier alpha value is -1.65. The number of nitrogens with zero attached hydrogens (tertiary/aromatic N) is 1. The van der Waals surface area contributed by atoms with E-state index in [0.717, 1.165) is 5.69 Å². The van der Waals surface area contributed by atoms with Gasteiger partial charge in [0.25, 0.3) is 0 Å². The summed E-state index contributed by atoms with van der Waals surface area (Å²) in [7, 11) is 0. The Labute approximate surface area is 123 Å². The van der Waals surface area contributed by atoms with Crippen LogP contribution in [0.5, 0.6) is 0 Å². The minimum atomic E-state index is 0.540. The second-order valence-electron chi connectivity index (χ2n) is 4.06. The van der Waals surface area contributed by atoms with Crippen LogP contribution in [0.25, 0.3) is 0 Å². The Morgan fingerprint density at radius 3 is 2.63 bits per heavy atom. The molecule has 1 aromatic carbocycles. The van der Waals surface area contributed by atoms with E-state index in [9.17, 15) is 0 Å². The van der Waals surface area contributed by atoms with Crippen LogP contribution in [-0.2, 0) is 6.54 Å². The van der Waals surface area contributed by atoms with Crippen molar-refractivity contribution in [3.05, 3.63) is 58.7 Å². The van der Waals surface area contributed by atoms with E-state index < -0.39 is 0 Å². The third-order valence-corrected chi connectivity index (χ3v) is 3.20. The number of aromatic nitrogens is 1. The van der Waals surface area contributed by atoms with Gasteiger partial charge in [0.2, 0.25) is 0 Å².